The first kappa shape index (κ1) is 18.1. The minimum Gasteiger partial charge on any atom is -0.497 e. The molecule has 0 unspecified atom stereocenters. The van der Waals surface area contributed by atoms with Gasteiger partial charge in [-0.3, -0.25) is 14.5 Å². The molecule has 6 heteroatoms. The summed E-state index contributed by atoms with van der Waals surface area (Å²) in [5, 5.41) is 0.446. The van der Waals surface area contributed by atoms with Crippen LogP contribution in [0.5, 0.6) is 5.75 Å². The fourth-order valence-corrected chi connectivity index (χ4v) is 3.86. The predicted octanol–water partition coefficient (Wildman–Crippen LogP) is 4.25. The van der Waals surface area contributed by atoms with E-state index in [-0.39, 0.29) is 17.1 Å². The number of pyridine rings is 1. The van der Waals surface area contributed by atoms with E-state index in [9.17, 15) is 9.59 Å². The van der Waals surface area contributed by atoms with Crippen LogP contribution in [-0.4, -0.2) is 18.0 Å². The van der Waals surface area contributed by atoms with Crippen LogP contribution < -0.4 is 15.1 Å². The van der Waals surface area contributed by atoms with E-state index >= 15 is 0 Å². The second-order valence-electron chi connectivity index (χ2n) is 7.21. The summed E-state index contributed by atoms with van der Waals surface area (Å²) in [5.41, 5.74) is 2.25. The highest BCUT2D eigenvalue weighted by Crippen LogP contribution is 2.40. The molecule has 0 spiro atoms. The standard InChI is InChI=1S/C24H18N2O4/c1-14-7-12-19(25-13-14)26-21(15-8-10-16(29-2)11-9-15)20-22(27)17-5-3-4-6-18(17)30-23(20)24(26)28/h3-13,21H,1-2H3/t21-/m0/s1. The van der Waals surface area contributed by atoms with Gasteiger partial charge in [-0.2, -0.15) is 0 Å². The number of rotatable bonds is 3. The topological polar surface area (TPSA) is 72.6 Å². The van der Waals surface area contributed by atoms with Gasteiger partial charge in [0.05, 0.1) is 24.1 Å². The number of hydrogen-bond donors (Lipinski definition) is 0. The van der Waals surface area contributed by atoms with E-state index in [2.05, 4.69) is 4.98 Å². The van der Waals surface area contributed by atoms with Gasteiger partial charge in [-0.25, -0.2) is 4.98 Å². The first-order valence-electron chi connectivity index (χ1n) is 9.54. The summed E-state index contributed by atoms with van der Waals surface area (Å²) < 4.78 is 11.2. The van der Waals surface area contributed by atoms with E-state index in [0.717, 1.165) is 11.1 Å². The fourth-order valence-electron chi connectivity index (χ4n) is 3.86. The molecule has 0 saturated carbocycles. The van der Waals surface area contributed by atoms with Crippen LogP contribution in [0.4, 0.5) is 5.82 Å². The van der Waals surface area contributed by atoms with Crippen LogP contribution in [0.25, 0.3) is 11.0 Å². The summed E-state index contributed by atoms with van der Waals surface area (Å²) in [7, 11) is 1.59. The van der Waals surface area contributed by atoms with Gasteiger partial charge in [0.2, 0.25) is 5.76 Å². The average molecular weight is 398 g/mol. The lowest BCUT2D eigenvalue weighted by Crippen LogP contribution is -2.30. The van der Waals surface area contributed by atoms with Crippen molar-refractivity contribution in [2.24, 2.45) is 0 Å². The van der Waals surface area contributed by atoms with Crippen molar-refractivity contribution in [2.75, 3.05) is 12.0 Å². The number of amides is 1. The number of carbonyl (C=O) groups is 1. The van der Waals surface area contributed by atoms with Gasteiger partial charge < -0.3 is 9.15 Å². The Morgan fingerprint density at radius 3 is 2.47 bits per heavy atom. The minimum atomic E-state index is -0.644. The average Bonchev–Trinajstić information content (AvgIpc) is 3.07. The van der Waals surface area contributed by atoms with E-state index in [1.807, 2.05) is 25.1 Å². The third-order valence-corrected chi connectivity index (χ3v) is 5.35. The van der Waals surface area contributed by atoms with Crippen LogP contribution in [0.2, 0.25) is 0 Å². The number of nitrogens with zero attached hydrogens (tertiary/aromatic N) is 2. The number of anilines is 1. The van der Waals surface area contributed by atoms with Crippen LogP contribution in [0.1, 0.15) is 33.3 Å². The second kappa shape index (κ2) is 6.84. The van der Waals surface area contributed by atoms with Crippen molar-refractivity contribution < 1.29 is 13.9 Å². The third kappa shape index (κ3) is 2.69. The lowest BCUT2D eigenvalue weighted by Gasteiger charge is -2.24. The summed E-state index contributed by atoms with van der Waals surface area (Å²) >= 11 is 0. The first-order valence-corrected chi connectivity index (χ1v) is 9.54. The molecule has 2 aromatic heterocycles. The molecule has 1 aliphatic rings. The van der Waals surface area contributed by atoms with Gasteiger partial charge in [0.25, 0.3) is 5.91 Å². The largest absolute Gasteiger partial charge is 0.497 e. The smallest absolute Gasteiger partial charge is 0.296 e. The van der Waals surface area contributed by atoms with Gasteiger partial charge in [0.15, 0.2) is 5.43 Å². The highest BCUT2D eigenvalue weighted by Gasteiger charge is 2.44. The number of hydrogen-bond acceptors (Lipinski definition) is 5. The Morgan fingerprint density at radius 2 is 1.77 bits per heavy atom. The maximum atomic E-state index is 13.4. The monoisotopic (exact) mass is 398 g/mol. The van der Waals surface area contributed by atoms with Gasteiger partial charge in [0, 0.05) is 6.20 Å². The van der Waals surface area contributed by atoms with Crippen LogP contribution in [0.15, 0.2) is 76.1 Å². The molecule has 0 bridgehead atoms. The first-order chi connectivity index (χ1) is 14.6. The predicted molar refractivity (Wildman–Crippen MR) is 113 cm³/mol. The van der Waals surface area contributed by atoms with Crippen molar-refractivity contribution in [1.82, 2.24) is 4.98 Å². The summed E-state index contributed by atoms with van der Waals surface area (Å²) in [6.45, 7) is 1.93. The molecule has 3 heterocycles. The maximum Gasteiger partial charge on any atom is 0.296 e. The number of ether oxygens (including phenoxy) is 1. The summed E-state index contributed by atoms with van der Waals surface area (Å²) in [5.74, 6) is 0.821. The number of benzene rings is 2. The van der Waals surface area contributed by atoms with E-state index < -0.39 is 6.04 Å². The Bertz CT molecular complexity index is 1320. The molecule has 4 aromatic rings. The van der Waals surface area contributed by atoms with Gasteiger partial charge in [-0.1, -0.05) is 30.3 Å². The SMILES string of the molecule is COc1ccc([C@H]2c3c(oc4ccccc4c3=O)C(=O)N2c2ccc(C)cn2)cc1. The molecular weight excluding hydrogens is 380 g/mol. The molecule has 6 nitrogen and oxygen atoms in total. The second-order valence-corrected chi connectivity index (χ2v) is 7.21. The Morgan fingerprint density at radius 1 is 1.00 bits per heavy atom. The van der Waals surface area contributed by atoms with Crippen molar-refractivity contribution >= 4 is 22.7 Å². The zero-order valence-corrected chi connectivity index (χ0v) is 16.5. The summed E-state index contributed by atoms with van der Waals surface area (Å²) in [6, 6.07) is 17.3. The van der Waals surface area contributed by atoms with Crippen LogP contribution in [0, 0.1) is 6.92 Å². The number of methoxy groups -OCH3 is 1. The van der Waals surface area contributed by atoms with Crippen LogP contribution in [0.3, 0.4) is 0 Å². The van der Waals surface area contributed by atoms with Crippen molar-refractivity contribution in [3.63, 3.8) is 0 Å². The molecule has 148 valence electrons. The Balaban J connectivity index is 1.78. The molecule has 0 N–H and O–H groups in total. The Hall–Kier alpha value is -3.93. The normalized spacial score (nSPS) is 15.5. The molecule has 0 radical (unpaired) electrons. The van der Waals surface area contributed by atoms with Gasteiger partial charge >= 0.3 is 0 Å². The molecule has 1 aliphatic heterocycles. The van der Waals surface area contributed by atoms with E-state index in [4.69, 9.17) is 9.15 Å². The quantitative estimate of drug-likeness (QED) is 0.516. The summed E-state index contributed by atoms with van der Waals surface area (Å²) in [4.78, 5) is 32.8. The molecule has 2 aromatic carbocycles. The molecule has 0 aliphatic carbocycles. The lowest BCUT2D eigenvalue weighted by atomic mass is 9.98. The molecule has 1 amide bonds. The minimum absolute atomic E-state index is 0.0573. The zero-order chi connectivity index (χ0) is 20.8. The zero-order valence-electron chi connectivity index (χ0n) is 16.5. The number of carbonyl (C=O) groups excluding carboxylic acids is 1. The van der Waals surface area contributed by atoms with Crippen molar-refractivity contribution in [2.45, 2.75) is 13.0 Å². The molecule has 1 atom stereocenters. The number of para-hydroxylation sites is 1. The maximum absolute atomic E-state index is 13.4. The highest BCUT2D eigenvalue weighted by molar-refractivity contribution is 6.10. The lowest BCUT2D eigenvalue weighted by molar-refractivity contribution is 0.0970. The van der Waals surface area contributed by atoms with Crippen molar-refractivity contribution in [1.29, 1.82) is 0 Å². The molecule has 0 saturated heterocycles. The Kier molecular flexibility index (Phi) is 4.13. The van der Waals surface area contributed by atoms with Crippen LogP contribution in [-0.2, 0) is 0 Å². The molecular formula is C24H18N2O4. The third-order valence-electron chi connectivity index (χ3n) is 5.35. The van der Waals surface area contributed by atoms with Gasteiger partial charge in [-0.15, -0.1) is 0 Å². The van der Waals surface area contributed by atoms with Gasteiger partial charge in [-0.05, 0) is 48.4 Å². The fraction of sp³-hybridized carbons (Fsp3) is 0.125. The number of aromatic nitrogens is 1. The van der Waals surface area contributed by atoms with E-state index in [0.29, 0.717) is 28.1 Å². The van der Waals surface area contributed by atoms with Crippen molar-refractivity contribution in [3.8, 4) is 5.75 Å². The number of fused-ring (bicyclic) bond motifs is 2. The van der Waals surface area contributed by atoms with E-state index in [1.54, 1.807) is 55.8 Å². The van der Waals surface area contributed by atoms with Gasteiger partial charge in [0.1, 0.15) is 17.2 Å². The molecule has 30 heavy (non-hydrogen) atoms. The Labute approximate surface area is 172 Å². The molecule has 0 fully saturated rings. The van der Waals surface area contributed by atoms with Crippen molar-refractivity contribution in [3.05, 3.63) is 99.5 Å². The summed E-state index contributed by atoms with van der Waals surface area (Å²) in [6.07, 6.45) is 1.70. The molecule has 5 rings (SSSR count). The highest BCUT2D eigenvalue weighted by atomic mass is 16.5. The van der Waals surface area contributed by atoms with E-state index in [1.165, 1.54) is 4.90 Å². The number of aryl methyl sites for hydroxylation is 1. The van der Waals surface area contributed by atoms with Crippen LogP contribution >= 0.6 is 0 Å².